The number of fused-ring (bicyclic) bond motifs is 2. The van der Waals surface area contributed by atoms with Crippen LogP contribution >= 0.6 is 21.8 Å². The lowest BCUT2D eigenvalue weighted by Crippen LogP contribution is -2.02. The van der Waals surface area contributed by atoms with Gasteiger partial charge in [-0.3, -0.25) is 0 Å². The van der Waals surface area contributed by atoms with Crippen LogP contribution in [-0.4, -0.2) is 4.98 Å². The zero-order valence-electron chi connectivity index (χ0n) is 5.55. The molecule has 0 saturated carbocycles. The lowest BCUT2D eigenvalue weighted by atomic mass is 10.4. The Morgan fingerprint density at radius 2 is 2.33 bits per heavy atom. The number of rotatable bonds is 0. The minimum Gasteiger partial charge on any atom is -0.225 e. The van der Waals surface area contributed by atoms with Crippen LogP contribution < -0.4 is 5.36 Å². The summed E-state index contributed by atoms with van der Waals surface area (Å²) < 4.78 is 9.45. The predicted molar refractivity (Wildman–Crippen MR) is 54.5 cm³/mol. The number of hydrogen-bond acceptors (Lipinski definition) is 5. The molecule has 60 valence electrons. The first-order chi connectivity index (χ1) is 5.93. The van der Waals surface area contributed by atoms with E-state index >= 15 is 0 Å². The van der Waals surface area contributed by atoms with Gasteiger partial charge in [-0.15, -0.1) is 0 Å². The average molecular weight is 231 g/mol. The van der Waals surface area contributed by atoms with Gasteiger partial charge in [0.2, 0.25) is 0 Å². The van der Waals surface area contributed by atoms with E-state index in [0.717, 1.165) is 20.7 Å². The van der Waals surface area contributed by atoms with Crippen LogP contribution in [0.15, 0.2) is 19.9 Å². The highest BCUT2D eigenvalue weighted by Crippen LogP contribution is 2.33. The summed E-state index contributed by atoms with van der Waals surface area (Å²) in [6.45, 7) is 0. The van der Waals surface area contributed by atoms with Gasteiger partial charge in [0.1, 0.15) is 16.1 Å². The van der Waals surface area contributed by atoms with Crippen molar-refractivity contribution in [1.29, 1.82) is 0 Å². The second kappa shape index (κ2) is 2.69. The summed E-state index contributed by atoms with van der Waals surface area (Å²) in [5.41, 5.74) is 0.968. The van der Waals surface area contributed by atoms with Crippen LogP contribution in [0, 0.1) is 4.64 Å². The molecule has 0 radical (unpaired) electrons. The summed E-state index contributed by atoms with van der Waals surface area (Å²) in [4.78, 5) is 4.43. The minimum atomic E-state index is 0.968. The molecule has 1 aromatic rings. The summed E-state index contributed by atoms with van der Waals surface area (Å²) in [5, 5.41) is 1.99. The van der Waals surface area contributed by atoms with Gasteiger partial charge < -0.3 is 0 Å². The van der Waals surface area contributed by atoms with Gasteiger partial charge >= 0.3 is 0 Å². The first-order valence-corrected chi connectivity index (χ1v) is 7.29. The molecular formula is C5HN3S4. The second-order valence-corrected chi connectivity index (χ2v) is 5.80. The molecule has 0 aromatic carbocycles. The molecule has 0 unspecified atom stereocenters. The molecule has 3 rings (SSSR count). The SMILES string of the molecule is c1c2c(nc3c1=NSS3)=S=S=N2. The molecule has 0 spiro atoms. The van der Waals surface area contributed by atoms with Gasteiger partial charge in [0, 0.05) is 10.1 Å². The Balaban J connectivity index is 2.51. The highest BCUT2D eigenvalue weighted by molar-refractivity contribution is 8.76. The van der Waals surface area contributed by atoms with E-state index in [1.54, 1.807) is 20.7 Å². The molecular weight excluding hydrogens is 230 g/mol. The third kappa shape index (κ3) is 1.00. The molecule has 0 aliphatic carbocycles. The van der Waals surface area contributed by atoms with Crippen LogP contribution in [0.5, 0.6) is 0 Å². The van der Waals surface area contributed by atoms with Crippen LogP contribution in [0.1, 0.15) is 0 Å². The lowest BCUT2D eigenvalue weighted by Gasteiger charge is -1.89. The van der Waals surface area contributed by atoms with E-state index in [1.807, 2.05) is 6.07 Å². The predicted octanol–water partition coefficient (Wildman–Crippen LogP) is 1.53. The zero-order chi connectivity index (χ0) is 7.97. The van der Waals surface area contributed by atoms with Gasteiger partial charge in [-0.05, 0) is 26.8 Å². The Morgan fingerprint density at radius 3 is 3.33 bits per heavy atom. The van der Waals surface area contributed by atoms with Gasteiger partial charge in [0.25, 0.3) is 0 Å². The van der Waals surface area contributed by atoms with Gasteiger partial charge in [-0.25, -0.2) is 9.38 Å². The van der Waals surface area contributed by atoms with Crippen molar-refractivity contribution in [2.24, 2.45) is 8.76 Å². The van der Waals surface area contributed by atoms with Gasteiger partial charge in [0.15, 0.2) is 4.64 Å². The fourth-order valence-electron chi connectivity index (χ4n) is 0.901. The Morgan fingerprint density at radius 1 is 1.33 bits per heavy atom. The maximum absolute atomic E-state index is 4.43. The number of nitrogens with zero attached hydrogens (tertiary/aromatic N) is 3. The third-order valence-electron chi connectivity index (χ3n) is 1.42. The van der Waals surface area contributed by atoms with Crippen molar-refractivity contribution >= 4 is 47.5 Å². The Bertz CT molecular complexity index is 553. The van der Waals surface area contributed by atoms with Gasteiger partial charge in [0.05, 0.1) is 11.0 Å². The van der Waals surface area contributed by atoms with Crippen molar-refractivity contribution < 1.29 is 0 Å². The molecule has 0 N–H and O–H groups in total. The van der Waals surface area contributed by atoms with Crippen LogP contribution in [0.3, 0.4) is 0 Å². The second-order valence-electron chi connectivity index (χ2n) is 2.14. The summed E-state index contributed by atoms with van der Waals surface area (Å²) in [7, 11) is 6.17. The quantitative estimate of drug-likeness (QED) is 0.392. The van der Waals surface area contributed by atoms with Crippen LogP contribution in [0.4, 0.5) is 5.69 Å². The topological polar surface area (TPSA) is 37.6 Å². The molecule has 1 aromatic heterocycles. The van der Waals surface area contributed by atoms with E-state index in [1.165, 1.54) is 21.1 Å². The number of hydrogen-bond donors (Lipinski definition) is 0. The average Bonchev–Trinajstić information content (AvgIpc) is 2.64. The highest BCUT2D eigenvalue weighted by Gasteiger charge is 2.10. The number of pyridine rings is 1. The normalized spacial score (nSPS) is 16.7. The molecule has 0 saturated heterocycles. The summed E-state index contributed by atoms with van der Waals surface area (Å²) in [6.07, 6.45) is 0. The van der Waals surface area contributed by atoms with E-state index in [9.17, 15) is 0 Å². The molecule has 3 nitrogen and oxygen atoms in total. The fraction of sp³-hybridized carbons (Fsp3) is 0. The first-order valence-electron chi connectivity index (χ1n) is 3.08. The van der Waals surface area contributed by atoms with Crippen molar-refractivity contribution in [3.63, 3.8) is 0 Å². The van der Waals surface area contributed by atoms with Gasteiger partial charge in [-0.1, -0.05) is 0 Å². The molecule has 0 fully saturated rings. The maximum Gasteiger partial charge on any atom is 0.155 e. The molecule has 12 heavy (non-hydrogen) atoms. The van der Waals surface area contributed by atoms with Crippen molar-refractivity contribution in [2.45, 2.75) is 5.03 Å². The van der Waals surface area contributed by atoms with Crippen molar-refractivity contribution in [1.82, 2.24) is 4.98 Å². The van der Waals surface area contributed by atoms with Crippen LogP contribution in [-0.2, 0) is 20.0 Å². The molecule has 0 atom stereocenters. The summed E-state index contributed by atoms with van der Waals surface area (Å²) in [6, 6.07) is 2.00. The third-order valence-corrected chi connectivity index (χ3v) is 4.87. The Kier molecular flexibility index (Phi) is 1.64. The molecule has 3 heterocycles. The lowest BCUT2D eigenvalue weighted by molar-refractivity contribution is 1.07. The zero-order valence-corrected chi connectivity index (χ0v) is 8.82. The molecule has 0 amide bonds. The van der Waals surface area contributed by atoms with E-state index in [4.69, 9.17) is 0 Å². The monoisotopic (exact) mass is 231 g/mol. The van der Waals surface area contributed by atoms with E-state index < -0.39 is 0 Å². The van der Waals surface area contributed by atoms with E-state index in [2.05, 4.69) is 13.7 Å². The fourth-order valence-corrected chi connectivity index (χ4v) is 4.23. The van der Waals surface area contributed by atoms with Crippen molar-refractivity contribution in [3.05, 3.63) is 16.1 Å². The van der Waals surface area contributed by atoms with Crippen molar-refractivity contribution in [3.8, 4) is 0 Å². The Labute approximate surface area is 82.2 Å². The van der Waals surface area contributed by atoms with Crippen LogP contribution in [0.2, 0.25) is 0 Å². The first kappa shape index (κ1) is 7.31. The molecule has 7 heteroatoms. The largest absolute Gasteiger partial charge is 0.225 e. The summed E-state index contributed by atoms with van der Waals surface area (Å²) >= 11 is 0. The van der Waals surface area contributed by atoms with E-state index in [0.29, 0.717) is 0 Å². The van der Waals surface area contributed by atoms with E-state index in [-0.39, 0.29) is 0 Å². The molecule has 2 aliphatic rings. The van der Waals surface area contributed by atoms with Crippen molar-refractivity contribution in [2.75, 3.05) is 0 Å². The standard InChI is InChI=1S/C5HN3S4/c1-2-4(9-11-7-2)6-5-3(1)8-12-10-5/h1H. The van der Waals surface area contributed by atoms with Gasteiger partial charge in [-0.2, -0.15) is 4.36 Å². The molecule has 2 aliphatic heterocycles. The Hall–Kier alpha value is -0.110. The smallest absolute Gasteiger partial charge is 0.155 e. The number of aromatic nitrogens is 1. The minimum absolute atomic E-state index is 0.968. The molecule has 0 bridgehead atoms. The van der Waals surface area contributed by atoms with Crippen LogP contribution in [0.25, 0.3) is 0 Å². The summed E-state index contributed by atoms with van der Waals surface area (Å²) in [5.74, 6) is 0. The maximum atomic E-state index is 4.43. The highest BCUT2D eigenvalue weighted by atomic mass is 33.1.